The summed E-state index contributed by atoms with van der Waals surface area (Å²) in [5.74, 6) is -0.240. The minimum absolute atomic E-state index is 0.179. The van der Waals surface area contributed by atoms with Gasteiger partial charge in [0.15, 0.2) is 6.29 Å². The van der Waals surface area contributed by atoms with Crippen LogP contribution in [0.4, 0.5) is 0 Å². The molecule has 1 aromatic rings. The van der Waals surface area contributed by atoms with Gasteiger partial charge in [-0.25, -0.2) is 4.79 Å². The standard InChI is InChI=1S/C10H9BrO4/c1-14-9-7(5-12)6(10(13)15-2)3-4-8(9)11/h3-5H,1-2H3. The molecule has 0 unspecified atom stereocenters. The van der Waals surface area contributed by atoms with Gasteiger partial charge in [-0.15, -0.1) is 0 Å². The Hall–Kier alpha value is -1.36. The molecule has 80 valence electrons. The first-order valence-electron chi connectivity index (χ1n) is 4.05. The lowest BCUT2D eigenvalue weighted by atomic mass is 10.1. The molecule has 0 aromatic heterocycles. The van der Waals surface area contributed by atoms with Crippen molar-refractivity contribution in [3.05, 3.63) is 27.7 Å². The van der Waals surface area contributed by atoms with Crippen molar-refractivity contribution in [1.29, 1.82) is 0 Å². The Labute approximate surface area is 95.3 Å². The largest absolute Gasteiger partial charge is 0.495 e. The minimum Gasteiger partial charge on any atom is -0.495 e. The zero-order valence-electron chi connectivity index (χ0n) is 8.24. The summed E-state index contributed by atoms with van der Waals surface area (Å²) in [7, 11) is 2.68. The van der Waals surface area contributed by atoms with Gasteiger partial charge in [-0.2, -0.15) is 0 Å². The molecule has 0 radical (unpaired) electrons. The van der Waals surface area contributed by atoms with E-state index in [1.807, 2.05) is 0 Å². The molecule has 0 aliphatic rings. The zero-order chi connectivity index (χ0) is 11.4. The van der Waals surface area contributed by atoms with E-state index in [9.17, 15) is 9.59 Å². The maximum Gasteiger partial charge on any atom is 0.338 e. The van der Waals surface area contributed by atoms with Crippen molar-refractivity contribution in [2.24, 2.45) is 0 Å². The second-order valence-corrected chi connectivity index (χ2v) is 3.51. The van der Waals surface area contributed by atoms with Crippen LogP contribution in [0.15, 0.2) is 16.6 Å². The van der Waals surface area contributed by atoms with Crippen molar-refractivity contribution in [1.82, 2.24) is 0 Å². The predicted octanol–water partition coefficient (Wildman–Crippen LogP) is 2.06. The highest BCUT2D eigenvalue weighted by atomic mass is 79.9. The van der Waals surface area contributed by atoms with Crippen LogP contribution < -0.4 is 4.74 Å². The van der Waals surface area contributed by atoms with Crippen LogP contribution in [-0.2, 0) is 4.74 Å². The number of carbonyl (C=O) groups excluding carboxylic acids is 2. The Bertz CT molecular complexity index is 401. The number of hydrogen-bond donors (Lipinski definition) is 0. The lowest BCUT2D eigenvalue weighted by Crippen LogP contribution is -2.07. The molecule has 0 amide bonds. The number of esters is 1. The summed E-state index contributed by atoms with van der Waals surface area (Å²) >= 11 is 3.22. The maximum atomic E-state index is 11.3. The number of hydrogen-bond acceptors (Lipinski definition) is 4. The Morgan fingerprint density at radius 3 is 2.53 bits per heavy atom. The second-order valence-electron chi connectivity index (χ2n) is 2.65. The van der Waals surface area contributed by atoms with E-state index in [-0.39, 0.29) is 11.1 Å². The van der Waals surface area contributed by atoms with E-state index in [2.05, 4.69) is 20.7 Å². The molecule has 15 heavy (non-hydrogen) atoms. The maximum absolute atomic E-state index is 11.3. The van der Waals surface area contributed by atoms with Gasteiger partial charge in [0.2, 0.25) is 0 Å². The van der Waals surface area contributed by atoms with E-state index in [1.165, 1.54) is 20.3 Å². The van der Waals surface area contributed by atoms with Gasteiger partial charge in [0.25, 0.3) is 0 Å². The number of benzene rings is 1. The van der Waals surface area contributed by atoms with Gasteiger partial charge < -0.3 is 9.47 Å². The first-order valence-corrected chi connectivity index (χ1v) is 4.85. The van der Waals surface area contributed by atoms with E-state index in [0.29, 0.717) is 16.5 Å². The molecular formula is C10H9BrO4. The quantitative estimate of drug-likeness (QED) is 0.624. The molecule has 0 atom stereocenters. The average molecular weight is 273 g/mol. The zero-order valence-corrected chi connectivity index (χ0v) is 9.83. The number of rotatable bonds is 3. The van der Waals surface area contributed by atoms with Gasteiger partial charge in [0, 0.05) is 0 Å². The molecule has 0 saturated carbocycles. The van der Waals surface area contributed by atoms with Gasteiger partial charge >= 0.3 is 5.97 Å². The fraction of sp³-hybridized carbons (Fsp3) is 0.200. The summed E-state index contributed by atoms with van der Waals surface area (Å²) in [6.07, 6.45) is 0.565. The summed E-state index contributed by atoms with van der Waals surface area (Å²) in [5, 5.41) is 0. The fourth-order valence-corrected chi connectivity index (χ4v) is 1.69. The first kappa shape index (κ1) is 11.7. The highest BCUT2D eigenvalue weighted by molar-refractivity contribution is 9.10. The smallest absolute Gasteiger partial charge is 0.338 e. The molecule has 5 heteroatoms. The summed E-state index contributed by atoms with van der Waals surface area (Å²) < 4.78 is 10.2. The molecule has 0 N–H and O–H groups in total. The normalized spacial score (nSPS) is 9.53. The second kappa shape index (κ2) is 4.93. The van der Waals surface area contributed by atoms with Crippen LogP contribution in [0, 0.1) is 0 Å². The summed E-state index contributed by atoms with van der Waals surface area (Å²) in [6.45, 7) is 0. The fourth-order valence-electron chi connectivity index (χ4n) is 1.19. The van der Waals surface area contributed by atoms with Gasteiger partial charge in [-0.05, 0) is 28.1 Å². The van der Waals surface area contributed by atoms with Crippen LogP contribution in [0.3, 0.4) is 0 Å². The summed E-state index contributed by atoms with van der Waals surface area (Å²) in [5.41, 5.74) is 0.367. The molecule has 0 aliphatic heterocycles. The van der Waals surface area contributed by atoms with Crippen LogP contribution in [0.1, 0.15) is 20.7 Å². The van der Waals surface area contributed by atoms with Crippen molar-refractivity contribution in [3.8, 4) is 5.75 Å². The highest BCUT2D eigenvalue weighted by Crippen LogP contribution is 2.30. The predicted molar refractivity (Wildman–Crippen MR) is 57.4 cm³/mol. The number of aldehydes is 1. The molecule has 0 bridgehead atoms. The van der Waals surface area contributed by atoms with E-state index in [0.717, 1.165) is 0 Å². The van der Waals surface area contributed by atoms with Crippen molar-refractivity contribution in [2.45, 2.75) is 0 Å². The molecule has 0 spiro atoms. The molecule has 0 saturated heterocycles. The number of methoxy groups -OCH3 is 2. The Morgan fingerprint density at radius 1 is 1.40 bits per heavy atom. The molecule has 0 aliphatic carbocycles. The number of ether oxygens (including phenoxy) is 2. The summed E-state index contributed by atoms with van der Waals surface area (Å²) in [6, 6.07) is 3.13. The van der Waals surface area contributed by atoms with Crippen LogP contribution in [0.25, 0.3) is 0 Å². The van der Waals surface area contributed by atoms with Crippen molar-refractivity contribution in [2.75, 3.05) is 14.2 Å². The minimum atomic E-state index is -0.567. The third-order valence-corrected chi connectivity index (χ3v) is 2.50. The average Bonchev–Trinajstić information content (AvgIpc) is 2.27. The van der Waals surface area contributed by atoms with Crippen LogP contribution in [0.5, 0.6) is 5.75 Å². The highest BCUT2D eigenvalue weighted by Gasteiger charge is 2.17. The van der Waals surface area contributed by atoms with Gasteiger partial charge in [0.1, 0.15) is 5.75 Å². The molecule has 0 heterocycles. The first-order chi connectivity index (χ1) is 7.15. The number of carbonyl (C=O) groups is 2. The third-order valence-electron chi connectivity index (χ3n) is 1.88. The van der Waals surface area contributed by atoms with Crippen molar-refractivity contribution >= 4 is 28.2 Å². The van der Waals surface area contributed by atoms with E-state index in [4.69, 9.17) is 4.74 Å². The van der Waals surface area contributed by atoms with Crippen LogP contribution >= 0.6 is 15.9 Å². The lowest BCUT2D eigenvalue weighted by molar-refractivity contribution is 0.0598. The van der Waals surface area contributed by atoms with Gasteiger partial charge in [0.05, 0.1) is 29.8 Å². The molecule has 1 rings (SSSR count). The van der Waals surface area contributed by atoms with E-state index < -0.39 is 5.97 Å². The van der Waals surface area contributed by atoms with Gasteiger partial charge in [-0.1, -0.05) is 0 Å². The lowest BCUT2D eigenvalue weighted by Gasteiger charge is -2.09. The van der Waals surface area contributed by atoms with Crippen molar-refractivity contribution in [3.63, 3.8) is 0 Å². The Balaban J connectivity index is 3.41. The Morgan fingerprint density at radius 2 is 2.07 bits per heavy atom. The van der Waals surface area contributed by atoms with E-state index >= 15 is 0 Å². The van der Waals surface area contributed by atoms with Crippen molar-refractivity contribution < 1.29 is 19.1 Å². The van der Waals surface area contributed by atoms with Crippen LogP contribution in [0.2, 0.25) is 0 Å². The molecule has 4 nitrogen and oxygen atoms in total. The topological polar surface area (TPSA) is 52.6 Å². The Kier molecular flexibility index (Phi) is 3.85. The molecule has 0 fully saturated rings. The monoisotopic (exact) mass is 272 g/mol. The van der Waals surface area contributed by atoms with Gasteiger partial charge in [-0.3, -0.25) is 4.79 Å². The molecule has 1 aromatic carbocycles. The third kappa shape index (κ3) is 2.18. The number of halogens is 1. The summed E-state index contributed by atoms with van der Waals surface area (Å²) in [4.78, 5) is 22.2. The van der Waals surface area contributed by atoms with E-state index in [1.54, 1.807) is 6.07 Å². The molecular weight excluding hydrogens is 264 g/mol. The SMILES string of the molecule is COC(=O)c1ccc(Br)c(OC)c1C=O. The van der Waals surface area contributed by atoms with Crippen LogP contribution in [-0.4, -0.2) is 26.5 Å².